The number of aryl methyl sites for hydroxylation is 1. The van der Waals surface area contributed by atoms with Crippen LogP contribution in [0.2, 0.25) is 0 Å². The summed E-state index contributed by atoms with van der Waals surface area (Å²) in [6.07, 6.45) is 0. The number of anilines is 1. The van der Waals surface area contributed by atoms with Gasteiger partial charge in [0, 0.05) is 0 Å². The number of halogens is 1. The van der Waals surface area contributed by atoms with Crippen LogP contribution in [0.5, 0.6) is 0 Å². The van der Waals surface area contributed by atoms with E-state index in [1.165, 1.54) is 30.3 Å². The van der Waals surface area contributed by atoms with E-state index >= 15 is 0 Å². The van der Waals surface area contributed by atoms with Gasteiger partial charge in [-0.25, -0.2) is 12.8 Å². The minimum atomic E-state index is -4.02. The van der Waals surface area contributed by atoms with Gasteiger partial charge in [-0.2, -0.15) is 0 Å². The van der Waals surface area contributed by atoms with Gasteiger partial charge in [0.1, 0.15) is 12.4 Å². The van der Waals surface area contributed by atoms with Crippen molar-refractivity contribution in [3.63, 3.8) is 0 Å². The molecule has 0 aliphatic carbocycles. The van der Waals surface area contributed by atoms with Crippen molar-refractivity contribution >= 4 is 21.6 Å². The second kappa shape index (κ2) is 6.15. The van der Waals surface area contributed by atoms with Crippen molar-refractivity contribution in [2.45, 2.75) is 11.8 Å². The molecule has 5 nitrogen and oxygen atoms in total. The number of primary amides is 1. The van der Waals surface area contributed by atoms with E-state index in [4.69, 9.17) is 5.73 Å². The first-order chi connectivity index (χ1) is 10.3. The van der Waals surface area contributed by atoms with Gasteiger partial charge in [0.15, 0.2) is 0 Å². The zero-order valence-corrected chi connectivity index (χ0v) is 12.7. The largest absolute Gasteiger partial charge is 0.368 e. The number of benzene rings is 2. The van der Waals surface area contributed by atoms with Crippen LogP contribution in [-0.2, 0) is 14.8 Å². The van der Waals surface area contributed by atoms with Crippen LogP contribution >= 0.6 is 0 Å². The van der Waals surface area contributed by atoms with E-state index in [2.05, 4.69) is 0 Å². The number of carbonyl (C=O) groups is 1. The average Bonchev–Trinajstić information content (AvgIpc) is 2.45. The van der Waals surface area contributed by atoms with Gasteiger partial charge in [0.2, 0.25) is 5.91 Å². The van der Waals surface area contributed by atoms with Gasteiger partial charge < -0.3 is 5.73 Å². The normalized spacial score (nSPS) is 11.2. The Hall–Kier alpha value is -2.41. The van der Waals surface area contributed by atoms with Crippen molar-refractivity contribution in [1.29, 1.82) is 0 Å². The first kappa shape index (κ1) is 16.0. The number of hydrogen-bond donors (Lipinski definition) is 1. The third kappa shape index (κ3) is 3.43. The molecule has 0 heterocycles. The van der Waals surface area contributed by atoms with Crippen LogP contribution in [0.3, 0.4) is 0 Å². The monoisotopic (exact) mass is 322 g/mol. The molecule has 2 aromatic rings. The van der Waals surface area contributed by atoms with Crippen LogP contribution in [0.1, 0.15) is 5.56 Å². The van der Waals surface area contributed by atoms with Gasteiger partial charge in [0.05, 0.1) is 10.6 Å². The van der Waals surface area contributed by atoms with Crippen molar-refractivity contribution in [3.05, 3.63) is 59.9 Å². The Balaban J connectivity index is 2.53. The van der Waals surface area contributed by atoms with Gasteiger partial charge >= 0.3 is 0 Å². The molecule has 2 N–H and O–H groups in total. The summed E-state index contributed by atoms with van der Waals surface area (Å²) in [5, 5.41) is 0. The van der Waals surface area contributed by atoms with Gasteiger partial charge in [-0.3, -0.25) is 9.10 Å². The molecule has 0 saturated heterocycles. The standard InChI is InChI=1S/C15H15FN2O3S/c1-11-5-7-14(8-6-11)22(20,21)18(10-15(17)19)13-4-2-3-12(16)9-13/h2-9H,10H2,1H3,(H2,17,19). The summed E-state index contributed by atoms with van der Waals surface area (Å²) in [6, 6.07) is 11.1. The summed E-state index contributed by atoms with van der Waals surface area (Å²) in [6.45, 7) is 1.25. The molecule has 0 radical (unpaired) electrons. The van der Waals surface area contributed by atoms with E-state index in [-0.39, 0.29) is 10.6 Å². The van der Waals surface area contributed by atoms with Crippen molar-refractivity contribution in [2.75, 3.05) is 10.8 Å². The SMILES string of the molecule is Cc1ccc(S(=O)(=O)N(CC(N)=O)c2cccc(F)c2)cc1. The second-order valence-electron chi connectivity index (χ2n) is 4.77. The Kier molecular flexibility index (Phi) is 4.46. The molecule has 0 spiro atoms. The van der Waals surface area contributed by atoms with Gasteiger partial charge in [-0.05, 0) is 37.3 Å². The number of carbonyl (C=O) groups excluding carboxylic acids is 1. The molecule has 1 amide bonds. The lowest BCUT2D eigenvalue weighted by atomic mass is 10.2. The molecule has 0 aliphatic heterocycles. The molecular formula is C15H15FN2O3S. The number of sulfonamides is 1. The predicted octanol–water partition coefficient (Wildman–Crippen LogP) is 1.81. The maximum absolute atomic E-state index is 13.4. The van der Waals surface area contributed by atoms with Gasteiger partial charge in [-0.1, -0.05) is 23.8 Å². The molecule has 0 saturated carbocycles. The topological polar surface area (TPSA) is 80.5 Å². The molecule has 2 aromatic carbocycles. The second-order valence-corrected chi connectivity index (χ2v) is 6.63. The Labute approximate surface area is 128 Å². The number of hydrogen-bond acceptors (Lipinski definition) is 3. The number of nitrogens with zero attached hydrogens (tertiary/aromatic N) is 1. The lowest BCUT2D eigenvalue weighted by Gasteiger charge is -2.23. The lowest BCUT2D eigenvalue weighted by molar-refractivity contribution is -0.116. The van der Waals surface area contributed by atoms with E-state index in [0.29, 0.717) is 0 Å². The van der Waals surface area contributed by atoms with Crippen LogP contribution in [-0.4, -0.2) is 20.9 Å². The van der Waals surface area contributed by atoms with E-state index in [1.54, 1.807) is 12.1 Å². The lowest BCUT2D eigenvalue weighted by Crippen LogP contribution is -2.38. The third-order valence-corrected chi connectivity index (χ3v) is 4.79. The fraction of sp³-hybridized carbons (Fsp3) is 0.133. The minimum absolute atomic E-state index is 0.00334. The highest BCUT2D eigenvalue weighted by atomic mass is 32.2. The van der Waals surface area contributed by atoms with E-state index in [0.717, 1.165) is 15.9 Å². The molecule has 22 heavy (non-hydrogen) atoms. The molecule has 2 rings (SSSR count). The Bertz CT molecular complexity index is 789. The van der Waals surface area contributed by atoms with E-state index < -0.39 is 28.3 Å². The van der Waals surface area contributed by atoms with Crippen LogP contribution < -0.4 is 10.0 Å². The quantitative estimate of drug-likeness (QED) is 0.911. The number of rotatable bonds is 5. The number of amides is 1. The fourth-order valence-corrected chi connectivity index (χ4v) is 3.35. The molecular weight excluding hydrogens is 307 g/mol. The molecule has 0 fully saturated rings. The fourth-order valence-electron chi connectivity index (χ4n) is 1.93. The minimum Gasteiger partial charge on any atom is -0.368 e. The predicted molar refractivity (Wildman–Crippen MR) is 81.3 cm³/mol. The zero-order valence-electron chi connectivity index (χ0n) is 11.9. The molecule has 7 heteroatoms. The van der Waals surface area contributed by atoms with Crippen LogP contribution in [0, 0.1) is 12.7 Å². The third-order valence-electron chi connectivity index (χ3n) is 3.00. The first-order valence-electron chi connectivity index (χ1n) is 6.44. The molecule has 0 bridgehead atoms. The number of nitrogens with two attached hydrogens (primary N) is 1. The van der Waals surface area contributed by atoms with Crippen LogP contribution in [0.25, 0.3) is 0 Å². The Morgan fingerprint density at radius 1 is 1.18 bits per heavy atom. The first-order valence-corrected chi connectivity index (χ1v) is 7.88. The summed E-state index contributed by atoms with van der Waals surface area (Å²) >= 11 is 0. The maximum atomic E-state index is 13.4. The highest BCUT2D eigenvalue weighted by molar-refractivity contribution is 7.92. The van der Waals surface area contributed by atoms with Crippen molar-refractivity contribution in [3.8, 4) is 0 Å². The van der Waals surface area contributed by atoms with Crippen LogP contribution in [0.4, 0.5) is 10.1 Å². The van der Waals surface area contributed by atoms with Gasteiger partial charge in [-0.15, -0.1) is 0 Å². The Morgan fingerprint density at radius 3 is 2.36 bits per heavy atom. The highest BCUT2D eigenvalue weighted by Crippen LogP contribution is 2.24. The maximum Gasteiger partial charge on any atom is 0.264 e. The molecule has 0 aliphatic rings. The average molecular weight is 322 g/mol. The zero-order chi connectivity index (χ0) is 16.3. The molecule has 0 atom stereocenters. The molecule has 0 unspecified atom stereocenters. The summed E-state index contributed by atoms with van der Waals surface area (Å²) in [7, 11) is -4.02. The van der Waals surface area contributed by atoms with E-state index in [9.17, 15) is 17.6 Å². The summed E-state index contributed by atoms with van der Waals surface area (Å²) in [5.41, 5.74) is 6.06. The summed E-state index contributed by atoms with van der Waals surface area (Å²) < 4.78 is 39.5. The van der Waals surface area contributed by atoms with E-state index in [1.807, 2.05) is 6.92 Å². The summed E-state index contributed by atoms with van der Waals surface area (Å²) in [4.78, 5) is 11.2. The molecule has 116 valence electrons. The summed E-state index contributed by atoms with van der Waals surface area (Å²) in [5.74, 6) is -1.44. The Morgan fingerprint density at radius 2 is 1.82 bits per heavy atom. The van der Waals surface area contributed by atoms with Crippen molar-refractivity contribution < 1.29 is 17.6 Å². The molecule has 0 aromatic heterocycles. The van der Waals surface area contributed by atoms with Gasteiger partial charge in [0.25, 0.3) is 10.0 Å². The van der Waals surface area contributed by atoms with Crippen molar-refractivity contribution in [2.24, 2.45) is 5.73 Å². The smallest absolute Gasteiger partial charge is 0.264 e. The van der Waals surface area contributed by atoms with Crippen molar-refractivity contribution in [1.82, 2.24) is 0 Å². The van der Waals surface area contributed by atoms with Crippen LogP contribution in [0.15, 0.2) is 53.4 Å². The highest BCUT2D eigenvalue weighted by Gasteiger charge is 2.26.